The van der Waals surface area contributed by atoms with Crippen molar-refractivity contribution >= 4 is 33.4 Å². The highest BCUT2D eigenvalue weighted by Crippen LogP contribution is 2.35. The molecule has 0 saturated heterocycles. The molecule has 0 aliphatic rings. The van der Waals surface area contributed by atoms with E-state index in [-0.39, 0.29) is 22.6 Å². The SMILES string of the molecule is COCOc1cc(Cl)cc(Cl)c1S(=O)(=O)F. The van der Waals surface area contributed by atoms with Crippen LogP contribution in [0.1, 0.15) is 0 Å². The molecule has 0 saturated carbocycles. The summed E-state index contributed by atoms with van der Waals surface area (Å²) in [6, 6.07) is 2.24. The topological polar surface area (TPSA) is 52.6 Å². The Bertz CT molecular complexity index is 489. The first-order chi connectivity index (χ1) is 7.36. The Morgan fingerprint density at radius 2 is 2.00 bits per heavy atom. The maximum atomic E-state index is 12.9. The minimum atomic E-state index is -4.98. The van der Waals surface area contributed by atoms with E-state index in [0.717, 1.165) is 12.1 Å². The maximum absolute atomic E-state index is 12.9. The molecule has 0 radical (unpaired) electrons. The van der Waals surface area contributed by atoms with Crippen LogP contribution in [0.4, 0.5) is 3.89 Å². The van der Waals surface area contributed by atoms with Crippen LogP contribution in [0, 0.1) is 0 Å². The van der Waals surface area contributed by atoms with Gasteiger partial charge in [-0.1, -0.05) is 23.2 Å². The monoisotopic (exact) mass is 288 g/mol. The molecule has 90 valence electrons. The highest BCUT2D eigenvalue weighted by atomic mass is 35.5. The van der Waals surface area contributed by atoms with E-state index in [4.69, 9.17) is 27.9 Å². The molecule has 0 unspecified atom stereocenters. The lowest BCUT2D eigenvalue weighted by molar-refractivity contribution is 0.0490. The molecule has 8 heteroatoms. The van der Waals surface area contributed by atoms with Crippen LogP contribution >= 0.6 is 23.2 Å². The van der Waals surface area contributed by atoms with Gasteiger partial charge in [-0.05, 0) is 6.07 Å². The van der Waals surface area contributed by atoms with Crippen molar-refractivity contribution in [1.29, 1.82) is 0 Å². The van der Waals surface area contributed by atoms with Crippen molar-refractivity contribution in [3.05, 3.63) is 22.2 Å². The third kappa shape index (κ3) is 3.21. The van der Waals surface area contributed by atoms with Crippen LogP contribution in [0.3, 0.4) is 0 Å². The van der Waals surface area contributed by atoms with Gasteiger partial charge in [0.15, 0.2) is 11.7 Å². The molecule has 1 aromatic rings. The molecule has 0 heterocycles. The average Bonchev–Trinajstić information content (AvgIpc) is 2.10. The Morgan fingerprint density at radius 1 is 1.38 bits per heavy atom. The lowest BCUT2D eigenvalue weighted by Gasteiger charge is -2.09. The van der Waals surface area contributed by atoms with Gasteiger partial charge in [-0.25, -0.2) is 0 Å². The molecule has 0 spiro atoms. The zero-order valence-electron chi connectivity index (χ0n) is 8.04. The summed E-state index contributed by atoms with van der Waals surface area (Å²) in [7, 11) is -3.65. The molecule has 0 aliphatic carbocycles. The van der Waals surface area contributed by atoms with Gasteiger partial charge in [0.1, 0.15) is 5.75 Å². The van der Waals surface area contributed by atoms with Crippen LogP contribution in [0.5, 0.6) is 5.75 Å². The summed E-state index contributed by atoms with van der Waals surface area (Å²) in [4.78, 5) is -0.754. The summed E-state index contributed by atoms with van der Waals surface area (Å²) in [5, 5.41) is -0.218. The van der Waals surface area contributed by atoms with Crippen LogP contribution in [-0.4, -0.2) is 22.3 Å². The zero-order chi connectivity index (χ0) is 12.3. The van der Waals surface area contributed by atoms with Gasteiger partial charge >= 0.3 is 10.2 Å². The van der Waals surface area contributed by atoms with Crippen molar-refractivity contribution in [2.75, 3.05) is 13.9 Å². The zero-order valence-corrected chi connectivity index (χ0v) is 10.4. The highest BCUT2D eigenvalue weighted by Gasteiger charge is 2.23. The first kappa shape index (κ1) is 13.5. The van der Waals surface area contributed by atoms with Gasteiger partial charge in [0.05, 0.1) is 5.02 Å². The summed E-state index contributed by atoms with van der Waals surface area (Å²) in [5.41, 5.74) is 0. The second kappa shape index (κ2) is 5.18. The van der Waals surface area contributed by atoms with E-state index in [1.165, 1.54) is 7.11 Å². The van der Waals surface area contributed by atoms with Gasteiger partial charge < -0.3 is 9.47 Å². The van der Waals surface area contributed by atoms with E-state index in [1.54, 1.807) is 0 Å². The molecule has 0 atom stereocenters. The third-order valence-electron chi connectivity index (χ3n) is 1.55. The van der Waals surface area contributed by atoms with Crippen LogP contribution in [0.2, 0.25) is 10.0 Å². The molecule has 0 fully saturated rings. The first-order valence-electron chi connectivity index (χ1n) is 3.91. The number of methoxy groups -OCH3 is 1. The summed E-state index contributed by atoms with van der Waals surface area (Å²) in [6.45, 7) is -0.251. The van der Waals surface area contributed by atoms with Crippen LogP contribution < -0.4 is 4.74 Å². The van der Waals surface area contributed by atoms with Gasteiger partial charge in [0.25, 0.3) is 0 Å². The molecule has 16 heavy (non-hydrogen) atoms. The lowest BCUT2D eigenvalue weighted by Crippen LogP contribution is -2.04. The minimum Gasteiger partial charge on any atom is -0.466 e. The summed E-state index contributed by atoms with van der Waals surface area (Å²) >= 11 is 11.2. The number of benzene rings is 1. The molecular weight excluding hydrogens is 282 g/mol. The molecular formula is C8H7Cl2FO4S. The third-order valence-corrected chi connectivity index (χ3v) is 3.09. The summed E-state index contributed by atoms with van der Waals surface area (Å²) < 4.78 is 44.0. The van der Waals surface area contributed by atoms with E-state index < -0.39 is 15.1 Å². The minimum absolute atomic E-state index is 0.128. The van der Waals surface area contributed by atoms with Crippen LogP contribution in [0.15, 0.2) is 17.0 Å². The Hall–Kier alpha value is -0.560. The molecule has 4 nitrogen and oxygen atoms in total. The number of hydrogen-bond donors (Lipinski definition) is 0. The van der Waals surface area contributed by atoms with Gasteiger partial charge in [0, 0.05) is 18.2 Å². The molecule has 0 N–H and O–H groups in total. The number of ether oxygens (including phenoxy) is 2. The first-order valence-corrected chi connectivity index (χ1v) is 6.05. The predicted molar refractivity (Wildman–Crippen MR) is 57.3 cm³/mol. The fraction of sp³-hybridized carbons (Fsp3) is 0.250. The van der Waals surface area contributed by atoms with Crippen molar-refractivity contribution < 1.29 is 21.8 Å². The largest absolute Gasteiger partial charge is 0.466 e. The van der Waals surface area contributed by atoms with Crippen LogP contribution in [0.25, 0.3) is 0 Å². The standard InChI is InChI=1S/C8H7Cl2FO4S/c1-14-4-15-7-3-5(9)2-6(10)8(7)16(11,12)13/h2-3H,4H2,1H3. The quantitative estimate of drug-likeness (QED) is 0.631. The van der Waals surface area contributed by atoms with Gasteiger partial charge in [0.2, 0.25) is 0 Å². The Morgan fingerprint density at radius 3 is 2.50 bits per heavy atom. The second-order valence-electron chi connectivity index (χ2n) is 2.70. The van der Waals surface area contributed by atoms with E-state index in [0.29, 0.717) is 0 Å². The smallest absolute Gasteiger partial charge is 0.337 e. The normalized spacial score (nSPS) is 11.5. The van der Waals surface area contributed by atoms with Gasteiger partial charge in [-0.3, -0.25) is 0 Å². The Balaban J connectivity index is 3.33. The molecule has 1 aromatic carbocycles. The summed E-state index contributed by atoms with van der Waals surface area (Å²) in [5.74, 6) is -0.290. The fourth-order valence-electron chi connectivity index (χ4n) is 1.00. The van der Waals surface area contributed by atoms with E-state index in [2.05, 4.69) is 4.74 Å². The number of hydrogen-bond acceptors (Lipinski definition) is 4. The maximum Gasteiger partial charge on any atom is 0.337 e. The lowest BCUT2D eigenvalue weighted by atomic mass is 10.3. The Kier molecular flexibility index (Phi) is 4.37. The highest BCUT2D eigenvalue weighted by molar-refractivity contribution is 7.86. The molecule has 0 aliphatic heterocycles. The summed E-state index contributed by atoms with van der Waals surface area (Å²) in [6.07, 6.45) is 0. The average molecular weight is 289 g/mol. The van der Waals surface area contributed by atoms with Gasteiger partial charge in [-0.15, -0.1) is 3.89 Å². The van der Waals surface area contributed by atoms with Crippen molar-refractivity contribution in [3.8, 4) is 5.75 Å². The van der Waals surface area contributed by atoms with E-state index in [1.807, 2.05) is 0 Å². The van der Waals surface area contributed by atoms with Crippen molar-refractivity contribution in [3.63, 3.8) is 0 Å². The number of halogens is 3. The van der Waals surface area contributed by atoms with Crippen molar-refractivity contribution in [1.82, 2.24) is 0 Å². The Labute approximate surface area is 102 Å². The molecule has 0 aromatic heterocycles. The van der Waals surface area contributed by atoms with Crippen LogP contribution in [-0.2, 0) is 15.0 Å². The molecule has 0 bridgehead atoms. The van der Waals surface area contributed by atoms with Crippen molar-refractivity contribution in [2.24, 2.45) is 0 Å². The fourth-order valence-corrected chi connectivity index (χ4v) is 2.40. The second-order valence-corrected chi connectivity index (χ2v) is 4.83. The number of rotatable bonds is 4. The molecule has 0 amide bonds. The van der Waals surface area contributed by atoms with E-state index >= 15 is 0 Å². The van der Waals surface area contributed by atoms with E-state index in [9.17, 15) is 12.3 Å². The predicted octanol–water partition coefficient (Wildman–Crippen LogP) is 2.63. The molecule has 1 rings (SSSR count). The van der Waals surface area contributed by atoms with Gasteiger partial charge in [-0.2, -0.15) is 8.42 Å². The van der Waals surface area contributed by atoms with Crippen molar-refractivity contribution in [2.45, 2.75) is 4.90 Å².